The zero-order chi connectivity index (χ0) is 23.0. The van der Waals surface area contributed by atoms with Gasteiger partial charge in [0.1, 0.15) is 0 Å². The van der Waals surface area contributed by atoms with Gasteiger partial charge in [0.15, 0.2) is 0 Å². The first-order chi connectivity index (χ1) is 14.5. The molecule has 0 bridgehead atoms. The number of piperidine rings is 1. The van der Waals surface area contributed by atoms with Crippen LogP contribution in [0.25, 0.3) is 0 Å². The quantitative estimate of drug-likeness (QED) is 0.446. The van der Waals surface area contributed by atoms with Crippen LogP contribution in [0.1, 0.15) is 79.7 Å². The van der Waals surface area contributed by atoms with E-state index in [1.807, 2.05) is 0 Å². The van der Waals surface area contributed by atoms with Crippen LogP contribution in [-0.4, -0.2) is 43.2 Å². The van der Waals surface area contributed by atoms with Gasteiger partial charge in [-0.2, -0.15) is 0 Å². The van der Waals surface area contributed by atoms with Crippen molar-refractivity contribution in [2.75, 3.05) is 31.1 Å². The van der Waals surface area contributed by atoms with Crippen molar-refractivity contribution >= 4 is 5.69 Å². The number of hydrogen-bond acceptors (Lipinski definition) is 3. The zero-order valence-electron chi connectivity index (χ0n) is 21.5. The summed E-state index contributed by atoms with van der Waals surface area (Å²) in [4.78, 5) is 5.21. The summed E-state index contributed by atoms with van der Waals surface area (Å²) >= 11 is 0. The maximum atomic E-state index is 6.38. The van der Waals surface area contributed by atoms with Crippen molar-refractivity contribution in [3.8, 4) is 0 Å². The Morgan fingerprint density at radius 2 is 1.74 bits per heavy atom. The Morgan fingerprint density at radius 3 is 2.26 bits per heavy atom. The molecule has 1 aliphatic rings. The molecule has 2 N–H and O–H groups in total. The van der Waals surface area contributed by atoms with Crippen molar-refractivity contribution in [1.29, 1.82) is 0 Å². The van der Waals surface area contributed by atoms with Gasteiger partial charge in [-0.1, -0.05) is 58.4 Å². The minimum absolute atomic E-state index is 0.305. The molecule has 2 rings (SSSR count). The van der Waals surface area contributed by atoms with Crippen LogP contribution in [0.5, 0.6) is 0 Å². The number of likely N-dealkylation sites (tertiary alicyclic amines) is 1. The number of allylic oxidation sites excluding steroid dienone is 1. The van der Waals surface area contributed by atoms with Crippen LogP contribution < -0.4 is 10.6 Å². The van der Waals surface area contributed by atoms with Gasteiger partial charge in [0.2, 0.25) is 0 Å². The fraction of sp³-hybridized carbons (Fsp3) is 0.714. The van der Waals surface area contributed by atoms with E-state index >= 15 is 0 Å². The minimum atomic E-state index is 0.305. The number of rotatable bonds is 10. The van der Waals surface area contributed by atoms with Crippen LogP contribution in [0.3, 0.4) is 0 Å². The molecule has 0 radical (unpaired) electrons. The van der Waals surface area contributed by atoms with Gasteiger partial charge in [-0.3, -0.25) is 0 Å². The molecule has 1 aliphatic heterocycles. The number of aryl methyl sites for hydroxylation is 1. The van der Waals surface area contributed by atoms with Crippen molar-refractivity contribution < 1.29 is 0 Å². The van der Waals surface area contributed by atoms with Gasteiger partial charge < -0.3 is 15.5 Å². The highest BCUT2D eigenvalue weighted by atomic mass is 15.2. The zero-order valence-corrected chi connectivity index (χ0v) is 21.5. The molecule has 1 aromatic rings. The lowest BCUT2D eigenvalue weighted by Gasteiger charge is -2.40. The number of benzene rings is 1. The largest absolute Gasteiger partial charge is 0.365 e. The molecule has 1 heterocycles. The Labute approximate surface area is 193 Å². The smallest absolute Gasteiger partial charge is 0.0371 e. The van der Waals surface area contributed by atoms with Crippen molar-refractivity contribution in [1.82, 2.24) is 4.90 Å². The monoisotopic (exact) mass is 427 g/mol. The van der Waals surface area contributed by atoms with Gasteiger partial charge in [0.25, 0.3) is 0 Å². The maximum Gasteiger partial charge on any atom is 0.0371 e. The summed E-state index contributed by atoms with van der Waals surface area (Å²) in [6.45, 7) is 20.3. The molecule has 0 aliphatic carbocycles. The lowest BCUT2D eigenvalue weighted by atomic mass is 9.88. The van der Waals surface area contributed by atoms with Gasteiger partial charge in [-0.25, -0.2) is 0 Å². The predicted molar refractivity (Wildman–Crippen MR) is 138 cm³/mol. The number of nitrogens with two attached hydrogens (primary N) is 1. The number of hydrogen-bond donors (Lipinski definition) is 1. The molecule has 3 heteroatoms. The second-order valence-corrected chi connectivity index (χ2v) is 11.6. The molecule has 0 unspecified atom stereocenters. The molecule has 0 saturated carbocycles. The molecule has 1 aromatic carbocycles. The third-order valence-electron chi connectivity index (χ3n) is 6.39. The average molecular weight is 428 g/mol. The topological polar surface area (TPSA) is 32.5 Å². The van der Waals surface area contributed by atoms with Crippen molar-refractivity contribution in [2.45, 2.75) is 92.7 Å². The van der Waals surface area contributed by atoms with E-state index in [4.69, 9.17) is 5.73 Å². The van der Waals surface area contributed by atoms with Gasteiger partial charge in [-0.05, 0) is 75.0 Å². The first-order valence-corrected chi connectivity index (χ1v) is 12.5. The molecule has 176 valence electrons. The average Bonchev–Trinajstić information content (AvgIpc) is 2.67. The molecule has 0 spiro atoms. The van der Waals surface area contributed by atoms with Gasteiger partial charge in [0.05, 0.1) is 0 Å². The normalized spacial score (nSPS) is 17.1. The fourth-order valence-corrected chi connectivity index (χ4v) is 4.54. The maximum absolute atomic E-state index is 6.38. The number of nitrogens with zero attached hydrogens (tertiary/aromatic N) is 2. The van der Waals surface area contributed by atoms with Crippen LogP contribution in [0.4, 0.5) is 5.69 Å². The molecule has 0 amide bonds. The third-order valence-corrected chi connectivity index (χ3v) is 6.39. The molecule has 1 atom stereocenters. The Balaban J connectivity index is 2.00. The molecule has 0 aromatic heterocycles. The lowest BCUT2D eigenvalue weighted by Crippen LogP contribution is -2.48. The molecule has 1 saturated heterocycles. The van der Waals surface area contributed by atoms with E-state index in [2.05, 4.69) is 88.6 Å². The second-order valence-electron chi connectivity index (χ2n) is 11.6. The Bertz CT molecular complexity index is 656. The Morgan fingerprint density at radius 1 is 1.13 bits per heavy atom. The minimum Gasteiger partial charge on any atom is -0.365 e. The van der Waals surface area contributed by atoms with E-state index in [1.54, 1.807) is 0 Å². The standard InChI is InChI=1S/C28H49N3/c1-22(2)13-19-31(26-10-8-24(9-11-26)12-16-28(5,6)7)27-14-17-30(18-15-27)21-25(29)20-23(3)4/h8-11,13,23,25,27H,12,14-21,29H2,1-7H3/t25-/m0/s1. The lowest BCUT2D eigenvalue weighted by molar-refractivity contribution is 0.193. The Hall–Kier alpha value is -1.32. The first kappa shape index (κ1) is 25.9. The van der Waals surface area contributed by atoms with E-state index in [0.29, 0.717) is 23.4 Å². The van der Waals surface area contributed by atoms with Crippen molar-refractivity contribution in [2.24, 2.45) is 17.1 Å². The summed E-state index contributed by atoms with van der Waals surface area (Å²) in [7, 11) is 0. The van der Waals surface area contributed by atoms with Gasteiger partial charge >= 0.3 is 0 Å². The van der Waals surface area contributed by atoms with E-state index in [1.165, 1.54) is 36.1 Å². The highest BCUT2D eigenvalue weighted by Gasteiger charge is 2.25. The Kier molecular flexibility index (Phi) is 10.1. The summed E-state index contributed by atoms with van der Waals surface area (Å²) in [6.07, 6.45) is 8.32. The van der Waals surface area contributed by atoms with Crippen LogP contribution in [0.2, 0.25) is 0 Å². The summed E-state index contributed by atoms with van der Waals surface area (Å²) in [6, 6.07) is 10.3. The fourth-order valence-electron chi connectivity index (χ4n) is 4.54. The first-order valence-electron chi connectivity index (χ1n) is 12.5. The summed E-state index contributed by atoms with van der Waals surface area (Å²) < 4.78 is 0. The molecule has 3 nitrogen and oxygen atoms in total. The van der Waals surface area contributed by atoms with Crippen molar-refractivity contribution in [3.63, 3.8) is 0 Å². The highest BCUT2D eigenvalue weighted by Crippen LogP contribution is 2.26. The van der Waals surface area contributed by atoms with Crippen LogP contribution in [0, 0.1) is 11.3 Å². The SMILES string of the molecule is CC(C)=CCN(c1ccc(CCC(C)(C)C)cc1)C1CCN(C[C@@H](N)CC(C)C)CC1. The van der Waals surface area contributed by atoms with Crippen LogP contribution in [-0.2, 0) is 6.42 Å². The highest BCUT2D eigenvalue weighted by molar-refractivity contribution is 5.49. The third kappa shape index (κ3) is 9.78. The van der Waals surface area contributed by atoms with E-state index in [9.17, 15) is 0 Å². The summed E-state index contributed by atoms with van der Waals surface area (Å²) in [5, 5.41) is 0. The predicted octanol–water partition coefficient (Wildman–Crippen LogP) is 6.28. The summed E-state index contributed by atoms with van der Waals surface area (Å²) in [5.74, 6) is 0.679. The molecular weight excluding hydrogens is 378 g/mol. The molecule has 1 fully saturated rings. The van der Waals surface area contributed by atoms with Crippen LogP contribution >= 0.6 is 0 Å². The van der Waals surface area contributed by atoms with Gasteiger partial charge in [0, 0.05) is 44.0 Å². The summed E-state index contributed by atoms with van der Waals surface area (Å²) in [5.41, 5.74) is 11.0. The second kappa shape index (κ2) is 12.1. The van der Waals surface area contributed by atoms with Crippen LogP contribution in [0.15, 0.2) is 35.9 Å². The van der Waals surface area contributed by atoms with E-state index in [0.717, 1.165) is 39.0 Å². The van der Waals surface area contributed by atoms with Crippen molar-refractivity contribution in [3.05, 3.63) is 41.5 Å². The molecule has 31 heavy (non-hydrogen) atoms. The number of anilines is 1. The van der Waals surface area contributed by atoms with E-state index < -0.39 is 0 Å². The van der Waals surface area contributed by atoms with E-state index in [-0.39, 0.29) is 0 Å². The van der Waals surface area contributed by atoms with Gasteiger partial charge in [-0.15, -0.1) is 0 Å². The molecular formula is C28H49N3.